The second-order valence-electron chi connectivity index (χ2n) is 6.10. The summed E-state index contributed by atoms with van der Waals surface area (Å²) in [5.74, 6) is 0.0848. The van der Waals surface area contributed by atoms with Gasteiger partial charge in [-0.3, -0.25) is 4.79 Å². The van der Waals surface area contributed by atoms with Crippen molar-refractivity contribution in [2.45, 2.75) is 12.8 Å². The lowest BCUT2D eigenvalue weighted by Gasteiger charge is -2.30. The summed E-state index contributed by atoms with van der Waals surface area (Å²) in [6, 6.07) is 26.2. The molecule has 1 aliphatic heterocycles. The Morgan fingerprint density at radius 1 is 0.792 bits per heavy atom. The van der Waals surface area contributed by atoms with E-state index in [2.05, 4.69) is 24.3 Å². The first-order chi connectivity index (χ1) is 11.8. The molecular weight excluding hydrogens is 294 g/mol. The first-order valence-corrected chi connectivity index (χ1v) is 8.39. The zero-order valence-electron chi connectivity index (χ0n) is 13.5. The van der Waals surface area contributed by atoms with Gasteiger partial charge in [0.25, 0.3) is 5.91 Å². The Labute approximate surface area is 142 Å². The summed E-state index contributed by atoms with van der Waals surface area (Å²) in [7, 11) is 0. The van der Waals surface area contributed by atoms with E-state index in [0.717, 1.165) is 41.8 Å². The molecule has 0 saturated carbocycles. The van der Waals surface area contributed by atoms with Crippen LogP contribution in [0.4, 0.5) is 5.69 Å². The van der Waals surface area contributed by atoms with Gasteiger partial charge in [0.05, 0.1) is 0 Å². The van der Waals surface area contributed by atoms with Crippen LogP contribution in [-0.2, 0) is 6.42 Å². The topological polar surface area (TPSA) is 20.3 Å². The van der Waals surface area contributed by atoms with E-state index in [9.17, 15) is 4.79 Å². The second kappa shape index (κ2) is 6.32. The van der Waals surface area contributed by atoms with Gasteiger partial charge in [-0.05, 0) is 41.7 Å². The van der Waals surface area contributed by atoms with Crippen molar-refractivity contribution in [2.24, 2.45) is 0 Å². The molecule has 0 N–H and O–H groups in total. The van der Waals surface area contributed by atoms with Crippen LogP contribution in [0, 0.1) is 0 Å². The van der Waals surface area contributed by atoms with E-state index in [-0.39, 0.29) is 5.91 Å². The van der Waals surface area contributed by atoms with E-state index in [1.807, 2.05) is 59.5 Å². The summed E-state index contributed by atoms with van der Waals surface area (Å²) < 4.78 is 0. The molecule has 0 fully saturated rings. The minimum Gasteiger partial charge on any atom is -0.308 e. The van der Waals surface area contributed by atoms with Crippen molar-refractivity contribution in [3.63, 3.8) is 0 Å². The first-order valence-electron chi connectivity index (χ1n) is 8.39. The molecule has 0 bridgehead atoms. The molecule has 0 radical (unpaired) electrons. The standard InChI is InChI=1S/C22H19NO/c24-22(23-16-8-12-18-11-4-7-15-21(18)23)20-14-6-5-13-19(20)17-9-2-1-3-10-17/h1-7,9-11,13-15H,8,12,16H2. The molecule has 0 aliphatic carbocycles. The van der Waals surface area contributed by atoms with Crippen molar-refractivity contribution >= 4 is 11.6 Å². The molecule has 118 valence electrons. The van der Waals surface area contributed by atoms with E-state index in [4.69, 9.17) is 0 Å². The van der Waals surface area contributed by atoms with Crippen LogP contribution in [0.5, 0.6) is 0 Å². The number of nitrogens with zero attached hydrogens (tertiary/aromatic N) is 1. The van der Waals surface area contributed by atoms with Crippen LogP contribution in [0.15, 0.2) is 78.9 Å². The predicted octanol–water partition coefficient (Wildman–Crippen LogP) is 4.95. The van der Waals surface area contributed by atoms with Crippen LogP contribution < -0.4 is 4.90 Å². The Bertz CT molecular complexity index is 870. The summed E-state index contributed by atoms with van der Waals surface area (Å²) in [4.78, 5) is 15.2. The number of para-hydroxylation sites is 1. The first kappa shape index (κ1) is 14.7. The number of carbonyl (C=O) groups is 1. The highest BCUT2D eigenvalue weighted by Gasteiger charge is 2.24. The highest BCUT2D eigenvalue weighted by molar-refractivity contribution is 6.10. The SMILES string of the molecule is O=C(c1ccccc1-c1ccccc1)N1CCCc2ccccc21. The molecule has 0 saturated heterocycles. The molecule has 24 heavy (non-hydrogen) atoms. The zero-order valence-corrected chi connectivity index (χ0v) is 13.5. The van der Waals surface area contributed by atoms with Crippen molar-refractivity contribution < 1.29 is 4.79 Å². The van der Waals surface area contributed by atoms with Gasteiger partial charge in [0.1, 0.15) is 0 Å². The summed E-state index contributed by atoms with van der Waals surface area (Å²) in [6.45, 7) is 0.777. The third-order valence-electron chi connectivity index (χ3n) is 4.60. The number of benzene rings is 3. The Hall–Kier alpha value is -2.87. The van der Waals surface area contributed by atoms with Crippen molar-refractivity contribution in [2.75, 3.05) is 11.4 Å². The molecule has 1 aliphatic rings. The van der Waals surface area contributed by atoms with Gasteiger partial charge in [0, 0.05) is 17.8 Å². The fourth-order valence-electron chi connectivity index (χ4n) is 3.43. The van der Waals surface area contributed by atoms with Crippen LogP contribution in [0.2, 0.25) is 0 Å². The van der Waals surface area contributed by atoms with Crippen LogP contribution in [0.1, 0.15) is 22.3 Å². The molecule has 4 rings (SSSR count). The molecule has 2 heteroatoms. The number of carbonyl (C=O) groups excluding carboxylic acids is 1. The van der Waals surface area contributed by atoms with Gasteiger partial charge < -0.3 is 4.90 Å². The van der Waals surface area contributed by atoms with E-state index in [1.165, 1.54) is 5.56 Å². The normalized spacial score (nSPS) is 13.4. The molecule has 0 unspecified atom stereocenters. The van der Waals surface area contributed by atoms with Gasteiger partial charge in [-0.1, -0.05) is 66.7 Å². The van der Waals surface area contributed by atoms with Gasteiger partial charge in [0.2, 0.25) is 0 Å². The maximum absolute atomic E-state index is 13.3. The number of amides is 1. The lowest BCUT2D eigenvalue weighted by atomic mass is 9.96. The Morgan fingerprint density at radius 3 is 2.38 bits per heavy atom. The molecule has 2 nitrogen and oxygen atoms in total. The Morgan fingerprint density at radius 2 is 1.50 bits per heavy atom. The number of aryl methyl sites for hydroxylation is 1. The number of fused-ring (bicyclic) bond motifs is 1. The summed E-state index contributed by atoms with van der Waals surface area (Å²) in [5, 5.41) is 0. The van der Waals surface area contributed by atoms with Crippen molar-refractivity contribution in [3.05, 3.63) is 90.0 Å². The van der Waals surface area contributed by atoms with Crippen molar-refractivity contribution in [3.8, 4) is 11.1 Å². The number of hydrogen-bond acceptors (Lipinski definition) is 1. The lowest BCUT2D eigenvalue weighted by Crippen LogP contribution is -2.35. The monoisotopic (exact) mass is 313 g/mol. The van der Waals surface area contributed by atoms with Crippen LogP contribution in [0.25, 0.3) is 11.1 Å². The molecule has 0 aromatic heterocycles. The Kier molecular flexibility index (Phi) is 3.87. The lowest BCUT2D eigenvalue weighted by molar-refractivity contribution is 0.0985. The summed E-state index contributed by atoms with van der Waals surface area (Å²) in [6.07, 6.45) is 2.05. The fourth-order valence-corrected chi connectivity index (χ4v) is 3.43. The van der Waals surface area contributed by atoms with Crippen LogP contribution in [-0.4, -0.2) is 12.5 Å². The van der Waals surface area contributed by atoms with E-state index in [0.29, 0.717) is 0 Å². The van der Waals surface area contributed by atoms with Crippen molar-refractivity contribution in [1.82, 2.24) is 0 Å². The van der Waals surface area contributed by atoms with E-state index in [1.54, 1.807) is 0 Å². The third-order valence-corrected chi connectivity index (χ3v) is 4.60. The maximum atomic E-state index is 13.3. The number of rotatable bonds is 2. The van der Waals surface area contributed by atoms with Gasteiger partial charge in [0.15, 0.2) is 0 Å². The molecule has 1 heterocycles. The zero-order chi connectivity index (χ0) is 16.4. The fraction of sp³-hybridized carbons (Fsp3) is 0.136. The highest BCUT2D eigenvalue weighted by Crippen LogP contribution is 2.31. The molecule has 1 amide bonds. The van der Waals surface area contributed by atoms with E-state index >= 15 is 0 Å². The Balaban J connectivity index is 1.77. The van der Waals surface area contributed by atoms with Gasteiger partial charge in [-0.15, -0.1) is 0 Å². The highest BCUT2D eigenvalue weighted by atomic mass is 16.2. The van der Waals surface area contributed by atoms with Gasteiger partial charge >= 0.3 is 0 Å². The van der Waals surface area contributed by atoms with Gasteiger partial charge in [-0.25, -0.2) is 0 Å². The molecule has 0 atom stereocenters. The van der Waals surface area contributed by atoms with Crippen LogP contribution >= 0.6 is 0 Å². The summed E-state index contributed by atoms with van der Waals surface area (Å²) >= 11 is 0. The molecular formula is C22H19NO. The van der Waals surface area contributed by atoms with Gasteiger partial charge in [-0.2, -0.15) is 0 Å². The number of anilines is 1. The van der Waals surface area contributed by atoms with Crippen molar-refractivity contribution in [1.29, 1.82) is 0 Å². The third kappa shape index (κ3) is 2.61. The molecule has 0 spiro atoms. The summed E-state index contributed by atoms with van der Waals surface area (Å²) in [5.41, 5.74) is 5.14. The minimum atomic E-state index is 0.0848. The average Bonchev–Trinajstić information content (AvgIpc) is 2.68. The second-order valence-corrected chi connectivity index (χ2v) is 6.10. The molecule has 3 aromatic carbocycles. The van der Waals surface area contributed by atoms with E-state index < -0.39 is 0 Å². The minimum absolute atomic E-state index is 0.0848. The maximum Gasteiger partial charge on any atom is 0.258 e. The molecule has 3 aromatic rings. The largest absolute Gasteiger partial charge is 0.308 e. The number of hydrogen-bond donors (Lipinski definition) is 0. The smallest absolute Gasteiger partial charge is 0.258 e. The quantitative estimate of drug-likeness (QED) is 0.656. The predicted molar refractivity (Wildman–Crippen MR) is 98.3 cm³/mol. The average molecular weight is 313 g/mol. The van der Waals surface area contributed by atoms with Crippen LogP contribution in [0.3, 0.4) is 0 Å².